The molecule has 8 rings (SSSR count). The van der Waals surface area contributed by atoms with Gasteiger partial charge in [0.05, 0.1) is 73.8 Å². The first-order chi connectivity index (χ1) is 18.7. The lowest BCUT2D eigenvalue weighted by atomic mass is 9.87. The Kier molecular flexibility index (Phi) is 5.49. The summed E-state index contributed by atoms with van der Waals surface area (Å²) in [5.41, 5.74) is 5.82. The van der Waals surface area contributed by atoms with Gasteiger partial charge in [0.25, 0.3) is 0 Å². The molecule has 4 aromatic heterocycles. The molecule has 3 fully saturated rings. The molecular formula is C27H25N9O2. The van der Waals surface area contributed by atoms with Crippen LogP contribution in [0.5, 0.6) is 5.88 Å². The van der Waals surface area contributed by atoms with Gasteiger partial charge in [0.1, 0.15) is 11.9 Å². The second-order valence-electron chi connectivity index (χ2n) is 9.78. The van der Waals surface area contributed by atoms with Crippen LogP contribution in [0.1, 0.15) is 23.2 Å². The average molecular weight is 508 g/mol. The summed E-state index contributed by atoms with van der Waals surface area (Å²) in [7, 11) is 1.59. The Balaban J connectivity index is 1.11. The van der Waals surface area contributed by atoms with Crippen molar-refractivity contribution in [2.45, 2.75) is 25.0 Å². The van der Waals surface area contributed by atoms with Crippen LogP contribution >= 0.6 is 0 Å². The molecule has 2 bridgehead atoms. The van der Waals surface area contributed by atoms with E-state index in [1.807, 2.05) is 12.4 Å². The third-order valence-electron chi connectivity index (χ3n) is 7.63. The van der Waals surface area contributed by atoms with E-state index in [1.165, 1.54) is 6.42 Å². The summed E-state index contributed by atoms with van der Waals surface area (Å²) in [4.78, 5) is 23.1. The van der Waals surface area contributed by atoms with Crippen LogP contribution in [0.15, 0.2) is 49.3 Å². The number of ether oxygens (including phenoxy) is 2. The SMILES string of the molecule is COc1cnc(CN2C3CC2CN(c2cnc(-c4cc(C5=CCOC5)cn5ncc(C#N)c45)cn2)C3)cn1. The average Bonchev–Trinajstić information content (AvgIpc) is 3.66. The van der Waals surface area contributed by atoms with Crippen molar-refractivity contribution in [3.05, 3.63) is 66.1 Å². The molecule has 190 valence electrons. The summed E-state index contributed by atoms with van der Waals surface area (Å²) in [6, 6.07) is 5.20. The highest BCUT2D eigenvalue weighted by Crippen LogP contribution is 2.36. The number of pyridine rings is 1. The number of aromatic nitrogens is 6. The van der Waals surface area contributed by atoms with Crippen LogP contribution in [0, 0.1) is 11.3 Å². The molecule has 4 aliphatic rings. The highest BCUT2D eigenvalue weighted by atomic mass is 16.5. The van der Waals surface area contributed by atoms with E-state index in [2.05, 4.69) is 43.1 Å². The molecule has 0 saturated carbocycles. The molecule has 38 heavy (non-hydrogen) atoms. The molecule has 0 spiro atoms. The molecule has 0 amide bonds. The second kappa shape index (κ2) is 9.16. The van der Waals surface area contributed by atoms with Crippen molar-refractivity contribution >= 4 is 16.9 Å². The maximum atomic E-state index is 9.66. The van der Waals surface area contributed by atoms with Crippen LogP contribution in [0.4, 0.5) is 5.82 Å². The van der Waals surface area contributed by atoms with Gasteiger partial charge in [0.2, 0.25) is 5.88 Å². The number of hydrogen-bond acceptors (Lipinski definition) is 10. The Morgan fingerprint density at radius 2 is 1.97 bits per heavy atom. The normalized spacial score (nSPS) is 20.7. The van der Waals surface area contributed by atoms with Crippen LogP contribution in [0.3, 0.4) is 0 Å². The molecule has 8 heterocycles. The Morgan fingerprint density at radius 1 is 1.08 bits per heavy atom. The molecule has 0 N–H and O–H groups in total. The number of piperidine rings is 1. The van der Waals surface area contributed by atoms with E-state index in [-0.39, 0.29) is 0 Å². The van der Waals surface area contributed by atoms with Gasteiger partial charge in [-0.05, 0) is 23.6 Å². The zero-order valence-corrected chi connectivity index (χ0v) is 20.9. The predicted octanol–water partition coefficient (Wildman–Crippen LogP) is 2.34. The Morgan fingerprint density at radius 3 is 2.66 bits per heavy atom. The molecule has 2 atom stereocenters. The third kappa shape index (κ3) is 3.86. The molecule has 0 aromatic carbocycles. The highest BCUT2D eigenvalue weighted by Gasteiger charge is 2.45. The van der Waals surface area contributed by atoms with E-state index in [0.29, 0.717) is 42.4 Å². The zero-order valence-electron chi connectivity index (χ0n) is 20.9. The van der Waals surface area contributed by atoms with Gasteiger partial charge in [0, 0.05) is 43.5 Å². The van der Waals surface area contributed by atoms with Crippen molar-refractivity contribution in [3.63, 3.8) is 0 Å². The van der Waals surface area contributed by atoms with Crippen molar-refractivity contribution in [1.29, 1.82) is 5.26 Å². The van der Waals surface area contributed by atoms with Gasteiger partial charge in [-0.15, -0.1) is 0 Å². The van der Waals surface area contributed by atoms with Crippen LogP contribution in [-0.2, 0) is 11.3 Å². The summed E-state index contributed by atoms with van der Waals surface area (Å²) >= 11 is 0. The fourth-order valence-electron chi connectivity index (χ4n) is 5.64. The first-order valence-corrected chi connectivity index (χ1v) is 12.6. The Labute approximate surface area is 219 Å². The first kappa shape index (κ1) is 22.8. The van der Waals surface area contributed by atoms with E-state index in [0.717, 1.165) is 53.4 Å². The molecule has 11 heteroatoms. The largest absolute Gasteiger partial charge is 0.480 e. The van der Waals surface area contributed by atoms with Gasteiger partial charge in [-0.25, -0.2) is 14.5 Å². The minimum Gasteiger partial charge on any atom is -0.480 e. The van der Waals surface area contributed by atoms with Crippen molar-refractivity contribution in [3.8, 4) is 23.2 Å². The lowest BCUT2D eigenvalue weighted by molar-refractivity contribution is -0.00981. The third-order valence-corrected chi connectivity index (χ3v) is 7.63. The molecular weight excluding hydrogens is 482 g/mol. The minimum atomic E-state index is 0.447. The number of fused-ring (bicyclic) bond motifs is 3. The maximum Gasteiger partial charge on any atom is 0.231 e. The molecule has 11 nitrogen and oxygen atoms in total. The number of hydrogen-bond donors (Lipinski definition) is 0. The van der Waals surface area contributed by atoms with Crippen LogP contribution in [0.25, 0.3) is 22.3 Å². The number of piperazine rings is 1. The summed E-state index contributed by atoms with van der Waals surface area (Å²) in [6.45, 7) is 3.72. The van der Waals surface area contributed by atoms with Crippen LogP contribution in [-0.4, -0.2) is 79.9 Å². The summed E-state index contributed by atoms with van der Waals surface area (Å²) < 4.78 is 12.4. The van der Waals surface area contributed by atoms with Crippen molar-refractivity contribution in [2.24, 2.45) is 0 Å². The van der Waals surface area contributed by atoms with Gasteiger partial charge in [-0.2, -0.15) is 10.4 Å². The topological polar surface area (TPSA) is 118 Å². The van der Waals surface area contributed by atoms with Crippen LogP contribution in [0.2, 0.25) is 0 Å². The van der Waals surface area contributed by atoms with E-state index >= 15 is 0 Å². The minimum absolute atomic E-state index is 0.447. The highest BCUT2D eigenvalue weighted by molar-refractivity contribution is 5.85. The standard InChI is InChI=1S/C27H25N9O2/c1-37-26-11-29-20(8-32-26)13-35-21-5-22(35)15-34(14-21)25-10-30-24(9-31-25)23-4-18(17-2-3-38-16-17)12-36-27(23)19(6-28)7-33-36/h2,4,7-12,21-22H,3,5,13-16H2,1H3. The summed E-state index contributed by atoms with van der Waals surface area (Å²) in [5, 5.41) is 14.1. The van der Waals surface area contributed by atoms with Gasteiger partial charge in [-0.1, -0.05) is 6.08 Å². The first-order valence-electron chi connectivity index (χ1n) is 12.6. The van der Waals surface area contributed by atoms with E-state index in [4.69, 9.17) is 19.4 Å². The quantitative estimate of drug-likeness (QED) is 0.385. The molecule has 4 aliphatic heterocycles. The Bertz CT molecular complexity index is 1560. The molecule has 0 radical (unpaired) electrons. The Hall–Kier alpha value is -4.40. The van der Waals surface area contributed by atoms with Crippen LogP contribution < -0.4 is 9.64 Å². The summed E-state index contributed by atoms with van der Waals surface area (Å²) in [6.07, 6.45) is 13.9. The molecule has 2 unspecified atom stereocenters. The molecule has 0 aliphatic carbocycles. The predicted molar refractivity (Wildman–Crippen MR) is 138 cm³/mol. The van der Waals surface area contributed by atoms with Gasteiger partial charge >= 0.3 is 0 Å². The smallest absolute Gasteiger partial charge is 0.231 e. The zero-order chi connectivity index (χ0) is 25.6. The molecule has 3 saturated heterocycles. The lowest BCUT2D eigenvalue weighted by Gasteiger charge is -2.56. The van der Waals surface area contributed by atoms with E-state index in [1.54, 1.807) is 36.4 Å². The maximum absolute atomic E-state index is 9.66. The lowest BCUT2D eigenvalue weighted by Crippen LogP contribution is -2.68. The molecule has 4 aromatic rings. The number of methoxy groups -OCH3 is 1. The van der Waals surface area contributed by atoms with E-state index in [9.17, 15) is 5.26 Å². The van der Waals surface area contributed by atoms with Gasteiger partial charge in [-0.3, -0.25) is 14.9 Å². The van der Waals surface area contributed by atoms with E-state index < -0.39 is 0 Å². The van der Waals surface area contributed by atoms with Crippen molar-refractivity contribution < 1.29 is 9.47 Å². The fraction of sp³-hybridized carbons (Fsp3) is 0.333. The monoisotopic (exact) mass is 507 g/mol. The fourth-order valence-corrected chi connectivity index (χ4v) is 5.64. The number of nitriles is 1. The number of nitrogens with zero attached hydrogens (tertiary/aromatic N) is 9. The number of rotatable bonds is 6. The van der Waals surface area contributed by atoms with Gasteiger partial charge < -0.3 is 14.4 Å². The number of anilines is 1. The second-order valence-corrected chi connectivity index (χ2v) is 9.78. The van der Waals surface area contributed by atoms with Crippen molar-refractivity contribution in [2.75, 3.05) is 38.3 Å². The van der Waals surface area contributed by atoms with Crippen molar-refractivity contribution in [1.82, 2.24) is 34.4 Å². The van der Waals surface area contributed by atoms with Gasteiger partial charge in [0.15, 0.2) is 0 Å². The summed E-state index contributed by atoms with van der Waals surface area (Å²) in [5.74, 6) is 1.39.